The van der Waals surface area contributed by atoms with Gasteiger partial charge in [-0.1, -0.05) is 35.5 Å². The zero-order valence-electron chi connectivity index (χ0n) is 13.5. The third-order valence-corrected chi connectivity index (χ3v) is 4.52. The summed E-state index contributed by atoms with van der Waals surface area (Å²) in [5.74, 6) is -0.495. The average Bonchev–Trinajstić information content (AvgIpc) is 2.68. The van der Waals surface area contributed by atoms with Crippen LogP contribution in [0, 0.1) is 5.82 Å². The quantitative estimate of drug-likeness (QED) is 0.514. The molecule has 0 spiro atoms. The van der Waals surface area contributed by atoms with Gasteiger partial charge in [-0.25, -0.2) is 14.4 Å². The van der Waals surface area contributed by atoms with Gasteiger partial charge >= 0.3 is 0 Å². The summed E-state index contributed by atoms with van der Waals surface area (Å²) in [4.78, 5) is 24.8. The van der Waals surface area contributed by atoms with Crippen LogP contribution in [-0.4, -0.2) is 26.6 Å². The molecule has 0 saturated heterocycles. The molecule has 0 aliphatic heterocycles. The van der Waals surface area contributed by atoms with E-state index in [-0.39, 0.29) is 23.2 Å². The van der Waals surface area contributed by atoms with Gasteiger partial charge in [-0.05, 0) is 35.9 Å². The molecule has 1 aromatic carbocycles. The van der Waals surface area contributed by atoms with Crippen molar-refractivity contribution >= 4 is 29.3 Å². The minimum atomic E-state index is -0.484. The van der Waals surface area contributed by atoms with Crippen LogP contribution in [0.1, 0.15) is 5.56 Å². The van der Waals surface area contributed by atoms with Crippen molar-refractivity contribution < 1.29 is 9.18 Å². The molecule has 8 heteroatoms. The molecule has 3 rings (SSSR count). The van der Waals surface area contributed by atoms with Crippen LogP contribution >= 0.6 is 23.4 Å². The molecule has 1 N–H and O–H groups in total. The van der Waals surface area contributed by atoms with Crippen molar-refractivity contribution in [2.75, 3.05) is 5.75 Å². The molecule has 0 atom stereocenters. The van der Waals surface area contributed by atoms with E-state index in [2.05, 4.69) is 20.3 Å². The highest BCUT2D eigenvalue weighted by atomic mass is 35.5. The molecule has 0 aliphatic rings. The maximum atomic E-state index is 13.1. The summed E-state index contributed by atoms with van der Waals surface area (Å²) in [6.45, 7) is 0.272. The molecule has 132 valence electrons. The number of pyridine rings is 1. The second-order valence-electron chi connectivity index (χ2n) is 5.25. The van der Waals surface area contributed by atoms with Gasteiger partial charge in [-0.15, -0.1) is 0 Å². The smallest absolute Gasteiger partial charge is 0.230 e. The Hall–Kier alpha value is -2.51. The van der Waals surface area contributed by atoms with E-state index in [0.717, 1.165) is 11.3 Å². The molecule has 0 fully saturated rings. The monoisotopic (exact) mass is 388 g/mol. The lowest BCUT2D eigenvalue weighted by molar-refractivity contribution is -0.118. The average molecular weight is 389 g/mol. The molecule has 0 saturated carbocycles. The number of carbonyl (C=O) groups is 1. The number of aromatic nitrogens is 3. The van der Waals surface area contributed by atoms with E-state index in [0.29, 0.717) is 10.9 Å². The van der Waals surface area contributed by atoms with Crippen LogP contribution in [0.2, 0.25) is 5.02 Å². The third-order valence-electron chi connectivity index (χ3n) is 3.37. The van der Waals surface area contributed by atoms with Gasteiger partial charge in [0.25, 0.3) is 0 Å². The van der Waals surface area contributed by atoms with Crippen molar-refractivity contribution in [1.82, 2.24) is 20.3 Å². The van der Waals surface area contributed by atoms with Crippen LogP contribution in [0.15, 0.2) is 60.0 Å². The van der Waals surface area contributed by atoms with Crippen molar-refractivity contribution in [1.29, 1.82) is 0 Å². The molecule has 0 bridgehead atoms. The Morgan fingerprint density at radius 2 is 2.00 bits per heavy atom. The van der Waals surface area contributed by atoms with Gasteiger partial charge in [0.1, 0.15) is 5.82 Å². The van der Waals surface area contributed by atoms with Gasteiger partial charge < -0.3 is 5.32 Å². The molecule has 3 aromatic rings. The molecular weight excluding hydrogens is 375 g/mol. The van der Waals surface area contributed by atoms with Crippen LogP contribution in [0.3, 0.4) is 0 Å². The van der Waals surface area contributed by atoms with Crippen molar-refractivity contribution in [3.05, 3.63) is 71.3 Å². The van der Waals surface area contributed by atoms with E-state index in [1.807, 2.05) is 18.2 Å². The summed E-state index contributed by atoms with van der Waals surface area (Å²) in [6, 6.07) is 11.7. The second-order valence-corrected chi connectivity index (χ2v) is 6.60. The highest BCUT2D eigenvalue weighted by Gasteiger charge is 2.08. The summed E-state index contributed by atoms with van der Waals surface area (Å²) in [7, 11) is 0. The fourth-order valence-electron chi connectivity index (χ4n) is 2.10. The highest BCUT2D eigenvalue weighted by molar-refractivity contribution is 7.99. The topological polar surface area (TPSA) is 67.8 Å². The van der Waals surface area contributed by atoms with Crippen molar-refractivity contribution in [2.24, 2.45) is 0 Å². The number of thioether (sulfide) groups is 1. The predicted octanol–water partition coefficient (Wildman–Crippen LogP) is 3.74. The summed E-state index contributed by atoms with van der Waals surface area (Å²) in [5, 5.41) is 3.28. The predicted molar refractivity (Wildman–Crippen MR) is 99.2 cm³/mol. The largest absolute Gasteiger partial charge is 0.351 e. The normalized spacial score (nSPS) is 10.5. The van der Waals surface area contributed by atoms with E-state index in [4.69, 9.17) is 11.6 Å². The summed E-state index contributed by atoms with van der Waals surface area (Å²) in [5.41, 5.74) is 2.17. The van der Waals surface area contributed by atoms with E-state index < -0.39 is 5.82 Å². The maximum Gasteiger partial charge on any atom is 0.230 e. The van der Waals surface area contributed by atoms with Crippen molar-refractivity contribution in [3.63, 3.8) is 0 Å². The fraction of sp³-hybridized carbons (Fsp3) is 0.111. The lowest BCUT2D eigenvalue weighted by atomic mass is 10.2. The SMILES string of the molecule is O=C(CSc1nccc(-c2ccccn2)n1)NCc1ccc(F)c(Cl)c1. The first-order valence-electron chi connectivity index (χ1n) is 7.70. The molecule has 1 amide bonds. The molecule has 2 heterocycles. The number of carbonyl (C=O) groups excluding carboxylic acids is 1. The van der Waals surface area contributed by atoms with E-state index in [9.17, 15) is 9.18 Å². The molecule has 0 radical (unpaired) electrons. The van der Waals surface area contributed by atoms with Gasteiger partial charge in [0.05, 0.1) is 22.2 Å². The van der Waals surface area contributed by atoms with E-state index >= 15 is 0 Å². The lowest BCUT2D eigenvalue weighted by Crippen LogP contribution is -2.24. The number of hydrogen-bond donors (Lipinski definition) is 1. The van der Waals surface area contributed by atoms with Gasteiger partial charge in [0, 0.05) is 18.9 Å². The summed E-state index contributed by atoms with van der Waals surface area (Å²) < 4.78 is 13.1. The standard InChI is InChI=1S/C18H14ClFN4OS/c19-13-9-12(4-5-14(13)20)10-23-17(25)11-26-18-22-8-6-16(24-18)15-3-1-2-7-21-15/h1-9H,10-11H2,(H,23,25). The first-order valence-corrected chi connectivity index (χ1v) is 9.06. The molecule has 2 aromatic heterocycles. The van der Waals surface area contributed by atoms with Crippen molar-refractivity contribution in [3.8, 4) is 11.4 Å². The molecule has 0 aliphatic carbocycles. The Morgan fingerprint density at radius 3 is 2.77 bits per heavy atom. The number of amides is 1. The summed E-state index contributed by atoms with van der Waals surface area (Å²) in [6.07, 6.45) is 3.33. The van der Waals surface area contributed by atoms with Crippen LogP contribution < -0.4 is 5.32 Å². The van der Waals surface area contributed by atoms with E-state index in [1.54, 1.807) is 24.5 Å². The molecule has 5 nitrogen and oxygen atoms in total. The Bertz CT molecular complexity index is 911. The number of rotatable bonds is 6. The molecular formula is C18H14ClFN4OS. The molecule has 0 unspecified atom stereocenters. The minimum Gasteiger partial charge on any atom is -0.351 e. The van der Waals surface area contributed by atoms with E-state index in [1.165, 1.54) is 23.9 Å². The van der Waals surface area contributed by atoms with Gasteiger partial charge in [-0.2, -0.15) is 0 Å². The number of nitrogens with one attached hydrogen (secondary N) is 1. The number of halogens is 2. The first-order chi connectivity index (χ1) is 12.6. The van der Waals surface area contributed by atoms with Crippen LogP contribution in [0.25, 0.3) is 11.4 Å². The number of hydrogen-bond acceptors (Lipinski definition) is 5. The zero-order chi connectivity index (χ0) is 18.4. The van der Waals surface area contributed by atoms with Crippen LogP contribution in [0.4, 0.5) is 4.39 Å². The second kappa shape index (κ2) is 8.73. The Balaban J connectivity index is 1.54. The van der Waals surface area contributed by atoms with Gasteiger partial charge in [0.15, 0.2) is 5.16 Å². The van der Waals surface area contributed by atoms with Crippen molar-refractivity contribution in [2.45, 2.75) is 11.7 Å². The maximum absolute atomic E-state index is 13.1. The highest BCUT2D eigenvalue weighted by Crippen LogP contribution is 2.18. The van der Waals surface area contributed by atoms with Crippen LogP contribution in [-0.2, 0) is 11.3 Å². The Labute approximate surface area is 159 Å². The number of benzene rings is 1. The molecule has 26 heavy (non-hydrogen) atoms. The Morgan fingerprint density at radius 1 is 1.12 bits per heavy atom. The van der Waals surface area contributed by atoms with Gasteiger partial charge in [-0.3, -0.25) is 9.78 Å². The zero-order valence-corrected chi connectivity index (χ0v) is 15.1. The Kier molecular flexibility index (Phi) is 6.14. The first kappa shape index (κ1) is 18.3. The minimum absolute atomic E-state index is 0.0332. The lowest BCUT2D eigenvalue weighted by Gasteiger charge is -2.06. The fourth-order valence-corrected chi connectivity index (χ4v) is 2.96. The van der Waals surface area contributed by atoms with Crippen LogP contribution in [0.5, 0.6) is 0 Å². The third kappa shape index (κ3) is 5.00. The number of nitrogens with zero attached hydrogens (tertiary/aromatic N) is 3. The summed E-state index contributed by atoms with van der Waals surface area (Å²) >= 11 is 6.95. The van der Waals surface area contributed by atoms with Gasteiger partial charge in [0.2, 0.25) is 5.91 Å².